The minimum absolute atomic E-state index is 0.0761. The van der Waals surface area contributed by atoms with E-state index < -0.39 is 4.92 Å². The Bertz CT molecular complexity index is 352. The minimum atomic E-state index is -0.566. The van der Waals surface area contributed by atoms with Crippen molar-refractivity contribution in [3.8, 4) is 0 Å². The lowest BCUT2D eigenvalue weighted by molar-refractivity contribution is -0.384. The van der Waals surface area contributed by atoms with E-state index in [2.05, 4.69) is 0 Å². The molecule has 70 valence electrons. The van der Waals surface area contributed by atoms with Crippen LogP contribution in [-0.4, -0.2) is 4.92 Å². The summed E-state index contributed by atoms with van der Waals surface area (Å²) in [6.45, 7) is 1.87. The van der Waals surface area contributed by atoms with Crippen molar-refractivity contribution in [3.05, 3.63) is 37.9 Å². The molecule has 13 heavy (non-hydrogen) atoms. The second kappa shape index (κ2) is 3.94. The third kappa shape index (κ3) is 1.92. The van der Waals surface area contributed by atoms with Crippen molar-refractivity contribution in [2.45, 2.75) is 13.3 Å². The highest BCUT2D eigenvalue weighted by Crippen LogP contribution is 2.34. The molecular formula is C8H7Cl2NO2. The van der Waals surface area contributed by atoms with Gasteiger partial charge in [-0.1, -0.05) is 36.2 Å². The van der Waals surface area contributed by atoms with Gasteiger partial charge in [0.25, 0.3) is 0 Å². The van der Waals surface area contributed by atoms with Crippen molar-refractivity contribution in [2.24, 2.45) is 0 Å². The van der Waals surface area contributed by atoms with E-state index in [1.54, 1.807) is 6.07 Å². The number of rotatable bonds is 2. The quantitative estimate of drug-likeness (QED) is 0.565. The molecule has 0 amide bonds. The van der Waals surface area contributed by atoms with Crippen LogP contribution in [0, 0.1) is 10.1 Å². The molecule has 3 nitrogen and oxygen atoms in total. The maximum atomic E-state index is 10.5. The normalized spacial score (nSPS) is 10.1. The third-order valence-corrected chi connectivity index (χ3v) is 2.44. The first-order valence-electron chi connectivity index (χ1n) is 3.69. The average Bonchev–Trinajstić information content (AvgIpc) is 2.04. The van der Waals surface area contributed by atoms with E-state index in [0.717, 1.165) is 5.56 Å². The van der Waals surface area contributed by atoms with Crippen LogP contribution in [0.3, 0.4) is 0 Å². The molecule has 0 unspecified atom stereocenters. The molecule has 0 aliphatic heterocycles. The zero-order valence-electron chi connectivity index (χ0n) is 6.88. The fraction of sp³-hybridized carbons (Fsp3) is 0.250. The Kier molecular flexibility index (Phi) is 3.12. The molecule has 1 aromatic carbocycles. The maximum absolute atomic E-state index is 10.5. The number of nitro benzene ring substituents is 1. The summed E-state index contributed by atoms with van der Waals surface area (Å²) >= 11 is 11.4. The van der Waals surface area contributed by atoms with Crippen LogP contribution in [0.1, 0.15) is 12.5 Å². The van der Waals surface area contributed by atoms with Crippen LogP contribution in [0.15, 0.2) is 12.1 Å². The highest BCUT2D eigenvalue weighted by molar-refractivity contribution is 6.38. The Labute approximate surface area is 85.4 Å². The predicted molar refractivity (Wildman–Crippen MR) is 52.5 cm³/mol. The predicted octanol–water partition coefficient (Wildman–Crippen LogP) is 3.46. The minimum Gasteiger partial charge on any atom is -0.258 e. The number of nitro groups is 1. The Hall–Kier alpha value is -0.800. The van der Waals surface area contributed by atoms with Crippen LogP contribution in [0.4, 0.5) is 5.69 Å². The summed E-state index contributed by atoms with van der Waals surface area (Å²) in [5, 5.41) is 10.8. The van der Waals surface area contributed by atoms with Crippen molar-refractivity contribution < 1.29 is 4.92 Å². The largest absolute Gasteiger partial charge is 0.306 e. The van der Waals surface area contributed by atoms with Crippen LogP contribution in [-0.2, 0) is 6.42 Å². The first-order chi connectivity index (χ1) is 6.07. The van der Waals surface area contributed by atoms with Crippen molar-refractivity contribution in [3.63, 3.8) is 0 Å². The molecule has 0 fully saturated rings. The lowest BCUT2D eigenvalue weighted by Gasteiger charge is -2.02. The molecule has 0 radical (unpaired) electrons. The standard InChI is InChI=1S/C8H7Cl2NO2/c1-2-5-3-4-6(9)8(7(5)10)11(12)13/h3-4H,2H2,1H3. The van der Waals surface area contributed by atoms with E-state index in [4.69, 9.17) is 23.2 Å². The molecule has 0 aliphatic rings. The Morgan fingerprint density at radius 3 is 2.54 bits per heavy atom. The Morgan fingerprint density at radius 2 is 2.08 bits per heavy atom. The zero-order chi connectivity index (χ0) is 10.0. The van der Waals surface area contributed by atoms with Crippen molar-refractivity contribution in [2.75, 3.05) is 0 Å². The number of halogens is 2. The summed E-state index contributed by atoms with van der Waals surface area (Å²) < 4.78 is 0. The molecule has 0 aliphatic carbocycles. The third-order valence-electron chi connectivity index (χ3n) is 1.71. The molecule has 0 saturated heterocycles. The molecule has 0 aromatic heterocycles. The second-order valence-electron chi connectivity index (χ2n) is 2.48. The summed E-state index contributed by atoms with van der Waals surface area (Å²) in [6, 6.07) is 3.18. The van der Waals surface area contributed by atoms with E-state index in [1.807, 2.05) is 6.92 Å². The highest BCUT2D eigenvalue weighted by atomic mass is 35.5. The first kappa shape index (κ1) is 10.3. The zero-order valence-corrected chi connectivity index (χ0v) is 8.39. The average molecular weight is 220 g/mol. The van der Waals surface area contributed by atoms with Gasteiger partial charge in [0.2, 0.25) is 0 Å². The lowest BCUT2D eigenvalue weighted by Crippen LogP contribution is -1.93. The van der Waals surface area contributed by atoms with Crippen molar-refractivity contribution in [1.29, 1.82) is 0 Å². The molecule has 1 aromatic rings. The molecule has 0 heterocycles. The fourth-order valence-corrected chi connectivity index (χ4v) is 1.67. The van der Waals surface area contributed by atoms with Gasteiger partial charge in [-0.15, -0.1) is 0 Å². The Balaban J connectivity index is 3.38. The molecule has 5 heteroatoms. The van der Waals surface area contributed by atoms with Gasteiger partial charge in [0.15, 0.2) is 0 Å². The molecule has 1 rings (SSSR count). The van der Waals surface area contributed by atoms with E-state index in [9.17, 15) is 10.1 Å². The summed E-state index contributed by atoms with van der Waals surface area (Å²) in [5.74, 6) is 0. The van der Waals surface area contributed by atoms with Gasteiger partial charge >= 0.3 is 5.69 Å². The van der Waals surface area contributed by atoms with Gasteiger partial charge in [-0.3, -0.25) is 10.1 Å². The maximum Gasteiger partial charge on any atom is 0.306 e. The van der Waals surface area contributed by atoms with E-state index in [-0.39, 0.29) is 15.7 Å². The van der Waals surface area contributed by atoms with Gasteiger partial charge in [-0.25, -0.2) is 0 Å². The molecule has 0 spiro atoms. The van der Waals surface area contributed by atoms with Crippen molar-refractivity contribution >= 4 is 28.9 Å². The SMILES string of the molecule is CCc1ccc(Cl)c([N+](=O)[O-])c1Cl. The number of benzene rings is 1. The van der Waals surface area contributed by atoms with Crippen LogP contribution in [0.25, 0.3) is 0 Å². The van der Waals surface area contributed by atoms with Crippen LogP contribution < -0.4 is 0 Å². The molecular weight excluding hydrogens is 213 g/mol. The summed E-state index contributed by atoms with van der Waals surface area (Å²) in [5.41, 5.74) is 0.528. The van der Waals surface area contributed by atoms with E-state index in [1.165, 1.54) is 6.07 Å². The van der Waals surface area contributed by atoms with E-state index >= 15 is 0 Å². The summed E-state index contributed by atoms with van der Waals surface area (Å²) in [6.07, 6.45) is 0.650. The van der Waals surface area contributed by atoms with Gasteiger partial charge in [0.1, 0.15) is 10.0 Å². The number of nitrogens with zero attached hydrogens (tertiary/aromatic N) is 1. The Morgan fingerprint density at radius 1 is 1.46 bits per heavy atom. The second-order valence-corrected chi connectivity index (χ2v) is 3.26. The van der Waals surface area contributed by atoms with Gasteiger partial charge in [0, 0.05) is 0 Å². The van der Waals surface area contributed by atoms with Crippen LogP contribution in [0.2, 0.25) is 10.0 Å². The molecule has 0 atom stereocenters. The fourth-order valence-electron chi connectivity index (χ4n) is 1.02. The van der Waals surface area contributed by atoms with Gasteiger partial charge in [-0.2, -0.15) is 0 Å². The number of hydrogen-bond donors (Lipinski definition) is 0. The van der Waals surface area contributed by atoms with Gasteiger partial charge in [-0.05, 0) is 18.1 Å². The van der Waals surface area contributed by atoms with Crippen molar-refractivity contribution in [1.82, 2.24) is 0 Å². The van der Waals surface area contributed by atoms with Crippen LogP contribution >= 0.6 is 23.2 Å². The lowest BCUT2D eigenvalue weighted by atomic mass is 10.1. The van der Waals surface area contributed by atoms with Gasteiger partial charge in [0.05, 0.1) is 4.92 Å². The first-order valence-corrected chi connectivity index (χ1v) is 4.44. The molecule has 0 N–H and O–H groups in total. The number of aryl methyl sites for hydroxylation is 1. The molecule has 0 saturated carbocycles. The molecule has 0 bridgehead atoms. The van der Waals surface area contributed by atoms with Gasteiger partial charge < -0.3 is 0 Å². The monoisotopic (exact) mass is 219 g/mol. The highest BCUT2D eigenvalue weighted by Gasteiger charge is 2.19. The summed E-state index contributed by atoms with van der Waals surface area (Å²) in [7, 11) is 0. The number of hydrogen-bond acceptors (Lipinski definition) is 2. The summed E-state index contributed by atoms with van der Waals surface area (Å²) in [4.78, 5) is 9.98. The van der Waals surface area contributed by atoms with Crippen LogP contribution in [0.5, 0.6) is 0 Å². The van der Waals surface area contributed by atoms with E-state index in [0.29, 0.717) is 6.42 Å². The smallest absolute Gasteiger partial charge is 0.258 e. The topological polar surface area (TPSA) is 43.1 Å².